The maximum Gasteiger partial charge on any atom is 0.186 e. The molecule has 0 aromatic heterocycles. The molecule has 4 N–H and O–H groups in total. The Bertz CT molecular complexity index is 120. The van der Waals surface area contributed by atoms with E-state index in [1.165, 1.54) is 0 Å². The quantitative estimate of drug-likeness (QED) is 0.420. The minimum absolute atomic E-state index is 0.161. The molecule has 1 aliphatic heterocycles. The van der Waals surface area contributed by atoms with Gasteiger partial charge in [0.05, 0.1) is 12.2 Å². The first-order chi connectivity index (χ1) is 5.15. The van der Waals surface area contributed by atoms with Gasteiger partial charge in [-0.2, -0.15) is 0 Å². The van der Waals surface area contributed by atoms with E-state index in [2.05, 4.69) is 4.84 Å². The van der Waals surface area contributed by atoms with Gasteiger partial charge in [-0.3, -0.25) is 4.84 Å². The lowest BCUT2D eigenvalue weighted by molar-refractivity contribution is -0.257. The van der Waals surface area contributed by atoms with Crippen LogP contribution in [-0.4, -0.2) is 34.8 Å². The largest absolute Gasteiger partial charge is 0.390 e. The van der Waals surface area contributed by atoms with Crippen LogP contribution >= 0.6 is 0 Å². The van der Waals surface area contributed by atoms with Crippen LogP contribution in [0.1, 0.15) is 13.3 Å². The van der Waals surface area contributed by atoms with Crippen molar-refractivity contribution in [2.45, 2.75) is 37.9 Å². The molecule has 0 radical (unpaired) electrons. The highest BCUT2D eigenvalue weighted by Gasteiger charge is 2.35. The zero-order valence-corrected chi connectivity index (χ0v) is 6.30. The molecule has 1 rings (SSSR count). The Morgan fingerprint density at radius 3 is 2.64 bits per heavy atom. The topological polar surface area (TPSA) is 84.9 Å². The van der Waals surface area contributed by atoms with Crippen LogP contribution in [0.15, 0.2) is 0 Å². The van der Waals surface area contributed by atoms with E-state index in [0.717, 1.165) is 0 Å². The number of aliphatic hydroxyl groups is 2. The van der Waals surface area contributed by atoms with Gasteiger partial charge in [0, 0.05) is 6.42 Å². The van der Waals surface area contributed by atoms with Crippen LogP contribution < -0.4 is 5.90 Å². The Morgan fingerprint density at radius 1 is 1.55 bits per heavy atom. The highest BCUT2D eigenvalue weighted by molar-refractivity contribution is 4.79. The van der Waals surface area contributed by atoms with Gasteiger partial charge in [-0.1, -0.05) is 0 Å². The third-order valence-electron chi connectivity index (χ3n) is 1.76. The van der Waals surface area contributed by atoms with Gasteiger partial charge in [-0.25, -0.2) is 5.90 Å². The second kappa shape index (κ2) is 3.46. The molecule has 66 valence electrons. The predicted molar refractivity (Wildman–Crippen MR) is 36.2 cm³/mol. The minimum Gasteiger partial charge on any atom is -0.390 e. The van der Waals surface area contributed by atoms with E-state index in [4.69, 9.17) is 15.7 Å². The van der Waals surface area contributed by atoms with Gasteiger partial charge < -0.3 is 14.9 Å². The van der Waals surface area contributed by atoms with E-state index in [0.29, 0.717) is 6.42 Å². The van der Waals surface area contributed by atoms with Crippen LogP contribution in [0.25, 0.3) is 0 Å². The summed E-state index contributed by atoms with van der Waals surface area (Å²) in [5.41, 5.74) is 0. The Hall–Kier alpha value is -0.200. The van der Waals surface area contributed by atoms with Crippen molar-refractivity contribution in [1.82, 2.24) is 0 Å². The SMILES string of the molecule is C[C@@H]1C[C@H](O)[C@@H](ON)[C@@H](O)O1. The molecule has 1 heterocycles. The summed E-state index contributed by atoms with van der Waals surface area (Å²) in [6.45, 7) is 1.76. The van der Waals surface area contributed by atoms with Gasteiger partial charge in [0.25, 0.3) is 0 Å². The van der Waals surface area contributed by atoms with Gasteiger partial charge in [0.1, 0.15) is 0 Å². The molecule has 0 aromatic carbocycles. The van der Waals surface area contributed by atoms with E-state index in [1.807, 2.05) is 0 Å². The zero-order chi connectivity index (χ0) is 8.43. The van der Waals surface area contributed by atoms with Gasteiger partial charge in [0.15, 0.2) is 12.4 Å². The number of hydrogen-bond donors (Lipinski definition) is 3. The highest BCUT2D eigenvalue weighted by Crippen LogP contribution is 2.19. The molecule has 0 saturated carbocycles. The minimum atomic E-state index is -1.13. The van der Waals surface area contributed by atoms with Crippen molar-refractivity contribution in [1.29, 1.82) is 0 Å². The summed E-state index contributed by atoms with van der Waals surface area (Å²) in [6.07, 6.45) is -2.44. The van der Waals surface area contributed by atoms with E-state index in [1.54, 1.807) is 6.92 Å². The standard InChI is InChI=1S/C6H13NO4/c1-3-2-4(8)5(11-7)6(9)10-3/h3-6,8-9H,2,7H2,1H3/t3-,4+,5-,6+/m1/s1. The Kier molecular flexibility index (Phi) is 2.80. The monoisotopic (exact) mass is 163 g/mol. The second-order valence-corrected chi connectivity index (χ2v) is 2.74. The summed E-state index contributed by atoms with van der Waals surface area (Å²) in [7, 11) is 0. The van der Waals surface area contributed by atoms with Crippen LogP contribution in [0.3, 0.4) is 0 Å². The summed E-state index contributed by atoms with van der Waals surface area (Å²) in [5, 5.41) is 18.4. The molecule has 5 nitrogen and oxygen atoms in total. The molecule has 1 saturated heterocycles. The molecule has 11 heavy (non-hydrogen) atoms. The molecule has 0 amide bonds. The second-order valence-electron chi connectivity index (χ2n) is 2.74. The van der Waals surface area contributed by atoms with E-state index in [-0.39, 0.29) is 6.10 Å². The third-order valence-corrected chi connectivity index (χ3v) is 1.76. The summed E-state index contributed by atoms with van der Waals surface area (Å²) < 4.78 is 4.95. The molecule has 0 spiro atoms. The molecule has 0 bridgehead atoms. The first-order valence-corrected chi connectivity index (χ1v) is 3.52. The van der Waals surface area contributed by atoms with Crippen molar-refractivity contribution >= 4 is 0 Å². The maximum absolute atomic E-state index is 9.26. The van der Waals surface area contributed by atoms with Gasteiger partial charge >= 0.3 is 0 Å². The highest BCUT2D eigenvalue weighted by atomic mass is 16.7. The lowest BCUT2D eigenvalue weighted by Crippen LogP contribution is -2.49. The van der Waals surface area contributed by atoms with Crippen molar-refractivity contribution < 1.29 is 19.8 Å². The van der Waals surface area contributed by atoms with Crippen LogP contribution in [-0.2, 0) is 9.57 Å². The van der Waals surface area contributed by atoms with Crippen LogP contribution in [0.2, 0.25) is 0 Å². The fourth-order valence-electron chi connectivity index (χ4n) is 1.19. The number of hydrogen-bond acceptors (Lipinski definition) is 5. The molecular formula is C6H13NO4. The van der Waals surface area contributed by atoms with Crippen molar-refractivity contribution in [3.8, 4) is 0 Å². The van der Waals surface area contributed by atoms with E-state index in [9.17, 15) is 5.11 Å². The van der Waals surface area contributed by atoms with Gasteiger partial charge in [0.2, 0.25) is 0 Å². The summed E-state index contributed by atoms with van der Waals surface area (Å²) in [5.74, 6) is 4.83. The summed E-state index contributed by atoms with van der Waals surface area (Å²) >= 11 is 0. The molecule has 0 unspecified atom stereocenters. The van der Waals surface area contributed by atoms with Gasteiger partial charge in [-0.05, 0) is 6.92 Å². The van der Waals surface area contributed by atoms with Crippen molar-refractivity contribution in [2.24, 2.45) is 5.90 Å². The molecule has 0 aliphatic carbocycles. The molecular weight excluding hydrogens is 150 g/mol. The molecule has 1 fully saturated rings. The Balaban J connectivity index is 2.52. The fraction of sp³-hybridized carbons (Fsp3) is 1.00. The summed E-state index contributed by atoms with van der Waals surface area (Å²) in [4.78, 5) is 4.34. The van der Waals surface area contributed by atoms with Crippen LogP contribution in [0.4, 0.5) is 0 Å². The van der Waals surface area contributed by atoms with Crippen molar-refractivity contribution in [3.63, 3.8) is 0 Å². The van der Waals surface area contributed by atoms with E-state index >= 15 is 0 Å². The first-order valence-electron chi connectivity index (χ1n) is 3.52. The maximum atomic E-state index is 9.26. The molecule has 0 aromatic rings. The molecule has 4 atom stereocenters. The average molecular weight is 163 g/mol. The molecule has 1 aliphatic rings. The fourth-order valence-corrected chi connectivity index (χ4v) is 1.19. The van der Waals surface area contributed by atoms with Crippen molar-refractivity contribution in [2.75, 3.05) is 0 Å². The predicted octanol–water partition coefficient (Wildman–Crippen LogP) is -1.27. The zero-order valence-electron chi connectivity index (χ0n) is 6.30. The number of rotatable bonds is 1. The smallest absolute Gasteiger partial charge is 0.186 e. The number of aliphatic hydroxyl groups excluding tert-OH is 2. The Morgan fingerprint density at radius 2 is 2.18 bits per heavy atom. The van der Waals surface area contributed by atoms with E-state index < -0.39 is 18.5 Å². The lowest BCUT2D eigenvalue weighted by atomic mass is 10.0. The third kappa shape index (κ3) is 1.88. The number of ether oxygens (including phenoxy) is 1. The number of nitrogens with two attached hydrogens (primary N) is 1. The molecule has 5 heteroatoms. The van der Waals surface area contributed by atoms with Crippen molar-refractivity contribution in [3.05, 3.63) is 0 Å². The average Bonchev–Trinajstić information content (AvgIpc) is 1.85. The Labute approximate surface area is 64.7 Å². The van der Waals surface area contributed by atoms with Crippen LogP contribution in [0.5, 0.6) is 0 Å². The summed E-state index contributed by atoms with van der Waals surface area (Å²) in [6, 6.07) is 0. The lowest BCUT2D eigenvalue weighted by Gasteiger charge is -2.33. The first kappa shape index (κ1) is 8.89. The van der Waals surface area contributed by atoms with Crippen LogP contribution in [0, 0.1) is 0 Å². The normalized spacial score (nSPS) is 45.8. The van der Waals surface area contributed by atoms with Gasteiger partial charge in [-0.15, -0.1) is 0 Å².